The van der Waals surface area contributed by atoms with E-state index in [0.29, 0.717) is 6.54 Å². The van der Waals surface area contributed by atoms with E-state index in [0.717, 1.165) is 22.2 Å². The summed E-state index contributed by atoms with van der Waals surface area (Å²) >= 11 is 1.39. The Morgan fingerprint density at radius 3 is 2.58 bits per heavy atom. The Hall–Kier alpha value is -3.46. The highest BCUT2D eigenvalue weighted by atomic mass is 32.2. The van der Waals surface area contributed by atoms with Crippen molar-refractivity contribution in [2.45, 2.75) is 31.6 Å². The predicted octanol–water partition coefficient (Wildman–Crippen LogP) is 3.19. The van der Waals surface area contributed by atoms with Crippen LogP contribution in [-0.2, 0) is 11.3 Å². The second-order valence-corrected chi connectivity index (χ2v) is 8.05. The number of carbonyl (C=O) groups excluding carboxylic acids is 1. The number of aromatic nitrogens is 6. The van der Waals surface area contributed by atoms with Gasteiger partial charge < -0.3 is 9.88 Å². The molecule has 0 fully saturated rings. The topological polar surface area (TPSA) is 90.5 Å². The van der Waals surface area contributed by atoms with Crippen molar-refractivity contribution < 1.29 is 4.79 Å². The molecule has 2 aromatic carbocycles. The maximum absolute atomic E-state index is 12.5. The van der Waals surface area contributed by atoms with Gasteiger partial charge in [-0.15, -0.1) is 10.2 Å². The van der Waals surface area contributed by atoms with Gasteiger partial charge in [0.05, 0.1) is 24.0 Å². The zero-order chi connectivity index (χ0) is 21.6. The van der Waals surface area contributed by atoms with E-state index >= 15 is 0 Å². The smallest absolute Gasteiger partial charge is 0.230 e. The summed E-state index contributed by atoms with van der Waals surface area (Å²) in [6, 6.07) is 17.9. The van der Waals surface area contributed by atoms with Gasteiger partial charge in [-0.1, -0.05) is 54.2 Å². The summed E-state index contributed by atoms with van der Waals surface area (Å²) in [6.07, 6.45) is 3.15. The standard InChI is InChI=1S/C22H23N7OS/c1-16(19-8-10-20(11-9-19)29-15-23-14-24-29)25-21(30)13-31-22-27-26-17(2)28(22)12-18-6-4-3-5-7-18/h3-11,14-16H,12-13H2,1-2H3,(H,25,30)/t16-/m1/s1. The number of carbonyl (C=O) groups is 1. The van der Waals surface area contributed by atoms with Gasteiger partial charge in [-0.3, -0.25) is 4.79 Å². The number of thioether (sulfide) groups is 1. The number of rotatable bonds is 8. The molecular formula is C22H23N7OS. The molecule has 31 heavy (non-hydrogen) atoms. The average Bonchev–Trinajstić information content (AvgIpc) is 3.44. The molecule has 158 valence electrons. The summed E-state index contributed by atoms with van der Waals surface area (Å²) in [5, 5.41) is 16.3. The van der Waals surface area contributed by atoms with Gasteiger partial charge in [-0.2, -0.15) is 5.10 Å². The van der Waals surface area contributed by atoms with Crippen molar-refractivity contribution in [2.24, 2.45) is 0 Å². The largest absolute Gasteiger partial charge is 0.349 e. The van der Waals surface area contributed by atoms with Crippen LogP contribution >= 0.6 is 11.8 Å². The first-order valence-electron chi connectivity index (χ1n) is 9.91. The predicted molar refractivity (Wildman–Crippen MR) is 119 cm³/mol. The summed E-state index contributed by atoms with van der Waals surface area (Å²) < 4.78 is 3.72. The summed E-state index contributed by atoms with van der Waals surface area (Å²) in [7, 11) is 0. The molecule has 0 spiro atoms. The van der Waals surface area contributed by atoms with E-state index in [4.69, 9.17) is 0 Å². The molecule has 0 radical (unpaired) electrons. The van der Waals surface area contributed by atoms with E-state index < -0.39 is 0 Å². The number of amides is 1. The Labute approximate surface area is 184 Å². The minimum Gasteiger partial charge on any atom is -0.349 e. The molecule has 8 nitrogen and oxygen atoms in total. The molecule has 1 atom stereocenters. The molecule has 0 unspecified atom stereocenters. The Bertz CT molecular complexity index is 1120. The molecule has 0 aliphatic rings. The highest BCUT2D eigenvalue weighted by Crippen LogP contribution is 2.20. The Balaban J connectivity index is 1.33. The quantitative estimate of drug-likeness (QED) is 0.429. The minimum absolute atomic E-state index is 0.0511. The lowest BCUT2D eigenvalue weighted by atomic mass is 10.1. The molecule has 0 aliphatic heterocycles. The van der Waals surface area contributed by atoms with E-state index in [1.165, 1.54) is 23.7 Å². The first-order valence-corrected chi connectivity index (χ1v) is 10.9. The second-order valence-electron chi connectivity index (χ2n) is 7.11. The van der Waals surface area contributed by atoms with E-state index in [-0.39, 0.29) is 17.7 Å². The highest BCUT2D eigenvalue weighted by molar-refractivity contribution is 7.99. The average molecular weight is 434 g/mol. The highest BCUT2D eigenvalue weighted by Gasteiger charge is 2.14. The SMILES string of the molecule is Cc1nnc(SCC(=O)N[C@H](C)c2ccc(-n3cncn3)cc2)n1Cc1ccccc1. The van der Waals surface area contributed by atoms with Crippen LogP contribution in [0.4, 0.5) is 0 Å². The third kappa shape index (κ3) is 5.18. The van der Waals surface area contributed by atoms with Gasteiger partial charge in [0.15, 0.2) is 5.16 Å². The Kier molecular flexibility index (Phi) is 6.42. The Morgan fingerprint density at radius 1 is 1.10 bits per heavy atom. The molecule has 0 saturated carbocycles. The molecule has 0 aliphatic carbocycles. The molecule has 2 aromatic heterocycles. The van der Waals surface area contributed by atoms with Crippen LogP contribution in [-0.4, -0.2) is 41.2 Å². The first kappa shape index (κ1) is 20.8. The molecule has 4 rings (SSSR count). The van der Waals surface area contributed by atoms with Crippen molar-refractivity contribution in [1.82, 2.24) is 34.8 Å². The lowest BCUT2D eigenvalue weighted by Crippen LogP contribution is -2.28. The van der Waals surface area contributed by atoms with Gasteiger partial charge in [0.2, 0.25) is 5.91 Å². The minimum atomic E-state index is -0.109. The Morgan fingerprint density at radius 2 is 1.87 bits per heavy atom. The van der Waals surface area contributed by atoms with Crippen molar-refractivity contribution in [3.63, 3.8) is 0 Å². The number of benzene rings is 2. The fraction of sp³-hybridized carbons (Fsp3) is 0.227. The molecule has 4 aromatic rings. The van der Waals surface area contributed by atoms with Crippen molar-refractivity contribution >= 4 is 17.7 Å². The monoisotopic (exact) mass is 433 g/mol. The van der Waals surface area contributed by atoms with Crippen molar-refractivity contribution in [2.75, 3.05) is 5.75 Å². The van der Waals surface area contributed by atoms with Crippen LogP contribution in [0.2, 0.25) is 0 Å². The van der Waals surface area contributed by atoms with Crippen molar-refractivity contribution in [3.8, 4) is 5.69 Å². The van der Waals surface area contributed by atoms with Crippen molar-refractivity contribution in [3.05, 3.63) is 84.2 Å². The molecule has 1 N–H and O–H groups in total. The van der Waals surface area contributed by atoms with Gasteiger partial charge in [-0.25, -0.2) is 9.67 Å². The van der Waals surface area contributed by atoms with Gasteiger partial charge in [0.25, 0.3) is 0 Å². The maximum Gasteiger partial charge on any atom is 0.230 e. The molecule has 0 bridgehead atoms. The van der Waals surface area contributed by atoms with Crippen LogP contribution in [0.15, 0.2) is 72.4 Å². The first-order chi connectivity index (χ1) is 15.1. The van der Waals surface area contributed by atoms with Crippen LogP contribution in [0.3, 0.4) is 0 Å². The number of hydrogen-bond donors (Lipinski definition) is 1. The lowest BCUT2D eigenvalue weighted by Gasteiger charge is -2.15. The van der Waals surface area contributed by atoms with Gasteiger partial charge in [-0.05, 0) is 37.1 Å². The molecule has 2 heterocycles. The third-order valence-electron chi connectivity index (χ3n) is 4.87. The molecule has 9 heteroatoms. The maximum atomic E-state index is 12.5. The summed E-state index contributed by atoms with van der Waals surface area (Å²) in [5.41, 5.74) is 3.11. The zero-order valence-electron chi connectivity index (χ0n) is 17.3. The van der Waals surface area contributed by atoms with E-state index in [1.807, 2.05) is 60.9 Å². The third-order valence-corrected chi connectivity index (χ3v) is 5.84. The number of aryl methyl sites for hydroxylation is 1. The summed E-state index contributed by atoms with van der Waals surface area (Å²) in [5.74, 6) is 1.05. The lowest BCUT2D eigenvalue weighted by molar-refractivity contribution is -0.119. The van der Waals surface area contributed by atoms with Gasteiger partial charge in [0.1, 0.15) is 18.5 Å². The number of nitrogens with zero attached hydrogens (tertiary/aromatic N) is 6. The second kappa shape index (κ2) is 9.57. The van der Waals surface area contributed by atoms with E-state index in [1.54, 1.807) is 11.0 Å². The van der Waals surface area contributed by atoms with Crippen LogP contribution in [0.25, 0.3) is 5.69 Å². The fourth-order valence-corrected chi connectivity index (χ4v) is 3.96. The van der Waals surface area contributed by atoms with Crippen molar-refractivity contribution in [1.29, 1.82) is 0 Å². The normalized spacial score (nSPS) is 11.9. The number of hydrogen-bond acceptors (Lipinski definition) is 6. The molecule has 0 saturated heterocycles. The van der Waals surface area contributed by atoms with Crippen LogP contribution in [0, 0.1) is 6.92 Å². The molecule has 1 amide bonds. The number of nitrogens with one attached hydrogen (secondary N) is 1. The van der Waals surface area contributed by atoms with Crippen LogP contribution in [0.1, 0.15) is 29.9 Å². The van der Waals surface area contributed by atoms with Crippen LogP contribution < -0.4 is 5.32 Å². The van der Waals surface area contributed by atoms with E-state index in [2.05, 4.69) is 37.7 Å². The van der Waals surface area contributed by atoms with Gasteiger partial charge >= 0.3 is 0 Å². The fourth-order valence-electron chi connectivity index (χ4n) is 3.17. The summed E-state index contributed by atoms with van der Waals surface area (Å²) in [4.78, 5) is 16.5. The zero-order valence-corrected chi connectivity index (χ0v) is 18.2. The summed E-state index contributed by atoms with van der Waals surface area (Å²) in [6.45, 7) is 4.57. The van der Waals surface area contributed by atoms with Crippen LogP contribution in [0.5, 0.6) is 0 Å². The molecular weight excluding hydrogens is 410 g/mol. The van der Waals surface area contributed by atoms with E-state index in [9.17, 15) is 4.79 Å². The van der Waals surface area contributed by atoms with Gasteiger partial charge in [0, 0.05) is 0 Å².